The molecule has 0 saturated carbocycles. The molecular weight excluding hydrogens is 372 g/mol. The number of rotatable bonds is 4. The van der Waals surface area contributed by atoms with Crippen LogP contribution < -0.4 is 10.6 Å². The molecule has 6 heteroatoms. The predicted molar refractivity (Wildman–Crippen MR) is 114 cm³/mol. The summed E-state index contributed by atoms with van der Waals surface area (Å²) >= 11 is 5.92. The smallest absolute Gasteiger partial charge is 0.239 e. The van der Waals surface area contributed by atoms with E-state index < -0.39 is 6.04 Å². The van der Waals surface area contributed by atoms with Crippen LogP contribution in [0.2, 0.25) is 5.02 Å². The molecule has 1 aliphatic rings. The summed E-state index contributed by atoms with van der Waals surface area (Å²) in [5, 5.41) is 1.83. The molecule has 1 aliphatic heterocycles. The Kier molecular flexibility index (Phi) is 5.46. The van der Waals surface area contributed by atoms with Crippen LogP contribution in [-0.4, -0.2) is 48.0 Å². The van der Waals surface area contributed by atoms with Crippen molar-refractivity contribution in [1.82, 2.24) is 9.88 Å². The van der Waals surface area contributed by atoms with Crippen LogP contribution in [-0.2, 0) is 11.2 Å². The van der Waals surface area contributed by atoms with Gasteiger partial charge in [-0.3, -0.25) is 9.78 Å². The largest absolute Gasteiger partial charge is 0.367 e. The molecule has 0 unspecified atom stereocenters. The maximum Gasteiger partial charge on any atom is 0.239 e. The summed E-state index contributed by atoms with van der Waals surface area (Å²) in [6, 6.07) is 17.1. The molecule has 0 bridgehead atoms. The van der Waals surface area contributed by atoms with E-state index in [1.807, 2.05) is 59.6 Å². The molecule has 0 spiro atoms. The van der Waals surface area contributed by atoms with Crippen molar-refractivity contribution in [2.45, 2.75) is 12.5 Å². The fraction of sp³-hybridized carbons (Fsp3) is 0.273. The number of carbonyl (C=O) groups is 1. The standard InChI is InChI=1S/C22H23ClN4O/c23-17-7-5-16(6-8-17)15-19(24)22(28)27-13-11-26(12-14-27)21-9-10-25-20-4-2-1-3-18(20)21/h1-10,19H,11-15,24H2/t19-/m1/s1. The van der Waals surface area contributed by atoms with Gasteiger partial charge in [-0.25, -0.2) is 0 Å². The summed E-state index contributed by atoms with van der Waals surface area (Å²) in [5.74, 6) is 0.00851. The summed E-state index contributed by atoms with van der Waals surface area (Å²) in [5.41, 5.74) is 9.37. The summed E-state index contributed by atoms with van der Waals surface area (Å²) in [4.78, 5) is 21.4. The maximum absolute atomic E-state index is 12.8. The number of piperazine rings is 1. The molecule has 0 radical (unpaired) electrons. The van der Waals surface area contributed by atoms with Gasteiger partial charge in [0.25, 0.3) is 0 Å². The third kappa shape index (κ3) is 3.96. The molecule has 144 valence electrons. The number of halogens is 1. The number of hydrogen-bond acceptors (Lipinski definition) is 4. The zero-order chi connectivity index (χ0) is 19.5. The number of carbonyl (C=O) groups excluding carboxylic acids is 1. The topological polar surface area (TPSA) is 62.5 Å². The molecule has 2 aromatic carbocycles. The van der Waals surface area contributed by atoms with E-state index in [0.717, 1.165) is 29.6 Å². The lowest BCUT2D eigenvalue weighted by Crippen LogP contribution is -2.53. The first kappa shape index (κ1) is 18.7. The second kappa shape index (κ2) is 8.17. The number of benzene rings is 2. The van der Waals surface area contributed by atoms with Crippen LogP contribution in [0.3, 0.4) is 0 Å². The fourth-order valence-corrected chi connectivity index (χ4v) is 3.85. The lowest BCUT2D eigenvalue weighted by Gasteiger charge is -2.37. The molecule has 1 aromatic heterocycles. The molecule has 4 rings (SSSR count). The molecule has 1 fully saturated rings. The highest BCUT2D eigenvalue weighted by Crippen LogP contribution is 2.26. The highest BCUT2D eigenvalue weighted by molar-refractivity contribution is 6.30. The van der Waals surface area contributed by atoms with Crippen LogP contribution in [0.15, 0.2) is 60.8 Å². The molecule has 2 heterocycles. The van der Waals surface area contributed by atoms with Crippen LogP contribution in [0.5, 0.6) is 0 Å². The van der Waals surface area contributed by atoms with Gasteiger partial charge in [-0.05, 0) is 36.2 Å². The lowest BCUT2D eigenvalue weighted by molar-refractivity contribution is -0.132. The number of nitrogens with zero attached hydrogens (tertiary/aromatic N) is 3. The highest BCUT2D eigenvalue weighted by Gasteiger charge is 2.26. The van der Waals surface area contributed by atoms with Gasteiger partial charge in [0.2, 0.25) is 5.91 Å². The number of anilines is 1. The van der Waals surface area contributed by atoms with Crippen LogP contribution >= 0.6 is 11.6 Å². The molecule has 2 N–H and O–H groups in total. The molecule has 0 aliphatic carbocycles. The Morgan fingerprint density at radius 3 is 2.50 bits per heavy atom. The maximum atomic E-state index is 12.8. The van der Waals surface area contributed by atoms with Crippen molar-refractivity contribution in [2.24, 2.45) is 5.73 Å². The van der Waals surface area contributed by atoms with E-state index in [1.54, 1.807) is 0 Å². The normalized spacial score (nSPS) is 15.6. The van der Waals surface area contributed by atoms with Gasteiger partial charge in [0.1, 0.15) is 0 Å². The van der Waals surface area contributed by atoms with E-state index in [1.165, 1.54) is 5.69 Å². The van der Waals surface area contributed by atoms with Crippen LogP contribution in [0, 0.1) is 0 Å². The number of hydrogen-bond donors (Lipinski definition) is 1. The Bertz CT molecular complexity index is 962. The first-order chi connectivity index (χ1) is 13.6. The predicted octanol–water partition coefficient (Wildman–Crippen LogP) is 3.11. The minimum Gasteiger partial charge on any atom is -0.367 e. The second-order valence-electron chi connectivity index (χ2n) is 7.10. The van der Waals surface area contributed by atoms with Gasteiger partial charge in [-0.1, -0.05) is 41.9 Å². The van der Waals surface area contributed by atoms with Crippen molar-refractivity contribution in [1.29, 1.82) is 0 Å². The zero-order valence-corrected chi connectivity index (χ0v) is 16.3. The first-order valence-electron chi connectivity index (χ1n) is 9.49. The van der Waals surface area contributed by atoms with Crippen LogP contribution in [0.25, 0.3) is 10.9 Å². The van der Waals surface area contributed by atoms with Gasteiger partial charge in [-0.2, -0.15) is 0 Å². The zero-order valence-electron chi connectivity index (χ0n) is 15.6. The van der Waals surface area contributed by atoms with E-state index in [9.17, 15) is 4.79 Å². The average molecular weight is 395 g/mol. The number of amides is 1. The SMILES string of the molecule is N[C@H](Cc1ccc(Cl)cc1)C(=O)N1CCN(c2ccnc3ccccc23)CC1. The molecule has 3 aromatic rings. The summed E-state index contributed by atoms with van der Waals surface area (Å²) in [6.45, 7) is 2.91. The molecule has 1 saturated heterocycles. The minimum atomic E-state index is -0.533. The van der Waals surface area contributed by atoms with Gasteiger partial charge >= 0.3 is 0 Å². The van der Waals surface area contributed by atoms with Crippen molar-refractivity contribution in [3.8, 4) is 0 Å². The summed E-state index contributed by atoms with van der Waals surface area (Å²) in [7, 11) is 0. The van der Waals surface area contributed by atoms with Gasteiger partial charge in [0, 0.05) is 48.5 Å². The molecule has 28 heavy (non-hydrogen) atoms. The van der Waals surface area contributed by atoms with Gasteiger partial charge in [0.15, 0.2) is 0 Å². The van der Waals surface area contributed by atoms with Crippen molar-refractivity contribution >= 4 is 34.1 Å². The van der Waals surface area contributed by atoms with Gasteiger partial charge in [-0.15, -0.1) is 0 Å². The van der Waals surface area contributed by atoms with E-state index in [4.69, 9.17) is 17.3 Å². The van der Waals surface area contributed by atoms with Crippen molar-refractivity contribution in [3.05, 3.63) is 71.4 Å². The first-order valence-corrected chi connectivity index (χ1v) is 9.87. The Balaban J connectivity index is 1.39. The average Bonchev–Trinajstić information content (AvgIpc) is 2.74. The molecule has 1 amide bonds. The van der Waals surface area contributed by atoms with Crippen molar-refractivity contribution in [2.75, 3.05) is 31.1 Å². The Hall–Kier alpha value is -2.63. The number of fused-ring (bicyclic) bond motifs is 1. The number of para-hydroxylation sites is 1. The quantitative estimate of drug-likeness (QED) is 0.738. The minimum absolute atomic E-state index is 0.00851. The second-order valence-corrected chi connectivity index (χ2v) is 7.53. The van der Waals surface area contributed by atoms with E-state index >= 15 is 0 Å². The van der Waals surface area contributed by atoms with E-state index in [-0.39, 0.29) is 5.91 Å². The third-order valence-corrected chi connectivity index (χ3v) is 5.50. The van der Waals surface area contributed by atoms with Crippen LogP contribution in [0.1, 0.15) is 5.56 Å². The van der Waals surface area contributed by atoms with Crippen LogP contribution in [0.4, 0.5) is 5.69 Å². The number of pyridine rings is 1. The van der Waals surface area contributed by atoms with E-state index in [0.29, 0.717) is 24.5 Å². The number of aromatic nitrogens is 1. The molecule has 5 nitrogen and oxygen atoms in total. The Morgan fingerprint density at radius 2 is 1.75 bits per heavy atom. The van der Waals surface area contributed by atoms with Gasteiger partial charge in [0.05, 0.1) is 11.6 Å². The van der Waals surface area contributed by atoms with E-state index in [2.05, 4.69) is 16.0 Å². The molecule has 1 atom stereocenters. The Labute approximate surface area is 169 Å². The van der Waals surface area contributed by atoms with Crippen molar-refractivity contribution < 1.29 is 4.79 Å². The van der Waals surface area contributed by atoms with Crippen molar-refractivity contribution in [3.63, 3.8) is 0 Å². The highest BCUT2D eigenvalue weighted by atomic mass is 35.5. The number of nitrogens with two attached hydrogens (primary N) is 1. The Morgan fingerprint density at radius 1 is 1.04 bits per heavy atom. The van der Waals surface area contributed by atoms with Gasteiger partial charge < -0.3 is 15.5 Å². The fourth-order valence-electron chi connectivity index (χ4n) is 3.72. The third-order valence-electron chi connectivity index (χ3n) is 5.24. The molecular formula is C22H23ClN4O. The monoisotopic (exact) mass is 394 g/mol. The summed E-state index contributed by atoms with van der Waals surface area (Å²) < 4.78 is 0. The lowest BCUT2D eigenvalue weighted by atomic mass is 10.1. The summed E-state index contributed by atoms with van der Waals surface area (Å²) in [6.07, 6.45) is 2.36.